The number of aliphatic carboxylic acids is 1. The van der Waals surface area contributed by atoms with Gasteiger partial charge < -0.3 is 10.0 Å². The van der Waals surface area contributed by atoms with Crippen molar-refractivity contribution in [3.05, 3.63) is 82.4 Å². The van der Waals surface area contributed by atoms with Crippen LogP contribution in [-0.2, 0) is 21.4 Å². The minimum atomic E-state index is -3.88. The number of hydrogen-bond donors (Lipinski definition) is 1. The normalized spacial score (nSPS) is 19.2. The third kappa shape index (κ3) is 5.24. The largest absolute Gasteiger partial charge is 0.481 e. The van der Waals surface area contributed by atoms with Gasteiger partial charge in [0.25, 0.3) is 6.43 Å². The predicted octanol–water partition coefficient (Wildman–Crippen LogP) is 4.85. The molecule has 0 unspecified atom stereocenters. The number of carboxylic acids is 1. The number of aromatic nitrogens is 4. The first kappa shape index (κ1) is 29.1. The van der Waals surface area contributed by atoms with Gasteiger partial charge in [0.05, 0.1) is 6.42 Å². The minimum Gasteiger partial charge on any atom is -0.481 e. The molecule has 226 valence electrons. The second-order valence-electron chi connectivity index (χ2n) is 11.3. The third-order valence-corrected chi connectivity index (χ3v) is 10.5. The number of benzene rings is 1. The van der Waals surface area contributed by atoms with E-state index < -0.39 is 34.2 Å². The molecule has 1 saturated heterocycles. The number of hydrogen-bond acceptors (Lipinski definition) is 7. The molecule has 1 fully saturated rings. The van der Waals surface area contributed by atoms with Crippen LogP contribution >= 0.6 is 0 Å². The lowest BCUT2D eigenvalue weighted by atomic mass is 9.85. The molecule has 13 heteroatoms. The van der Waals surface area contributed by atoms with Crippen molar-refractivity contribution < 1.29 is 27.1 Å². The number of fused-ring (bicyclic) bond motifs is 4. The van der Waals surface area contributed by atoms with E-state index in [1.807, 2.05) is 25.1 Å². The molecule has 0 saturated carbocycles. The zero-order valence-electron chi connectivity index (χ0n) is 23.8. The molecule has 2 atom stereocenters. The van der Waals surface area contributed by atoms with Gasteiger partial charge in [-0.15, -0.1) is 10.2 Å². The van der Waals surface area contributed by atoms with Crippen LogP contribution in [0.2, 0.25) is 0 Å². The Labute approximate surface area is 248 Å². The van der Waals surface area contributed by atoms with E-state index in [2.05, 4.69) is 20.1 Å². The Bertz CT molecular complexity index is 1810. The monoisotopic (exact) mass is 610 g/mol. The van der Waals surface area contributed by atoms with Crippen LogP contribution < -0.4 is 4.90 Å². The first-order valence-corrected chi connectivity index (χ1v) is 15.7. The fraction of sp³-hybridized carbons (Fsp3) is 0.400. The molecule has 1 N–H and O–H groups in total. The average Bonchev–Trinajstić information content (AvgIpc) is 3.39. The van der Waals surface area contributed by atoms with Crippen molar-refractivity contribution >= 4 is 27.5 Å². The average molecular weight is 611 g/mol. The van der Waals surface area contributed by atoms with Crippen LogP contribution in [0.1, 0.15) is 71.7 Å². The Morgan fingerprint density at radius 2 is 1.95 bits per heavy atom. The number of rotatable bonds is 7. The van der Waals surface area contributed by atoms with Gasteiger partial charge in [-0.25, -0.2) is 22.2 Å². The maximum Gasteiger partial charge on any atom is 0.304 e. The van der Waals surface area contributed by atoms with Gasteiger partial charge in [0.2, 0.25) is 15.8 Å². The summed E-state index contributed by atoms with van der Waals surface area (Å²) in [5.74, 6) is -1.65. The molecular weight excluding hydrogens is 578 g/mol. The molecule has 2 aliphatic rings. The van der Waals surface area contributed by atoms with Gasteiger partial charge in [-0.2, -0.15) is 4.31 Å². The Hall–Kier alpha value is -3.97. The number of carbonyl (C=O) groups is 1. The lowest BCUT2D eigenvalue weighted by molar-refractivity contribution is -0.137. The number of halogens is 2. The van der Waals surface area contributed by atoms with Gasteiger partial charge in [0.15, 0.2) is 5.65 Å². The summed E-state index contributed by atoms with van der Waals surface area (Å²) < 4.78 is 57.6. The number of piperidine rings is 1. The smallest absolute Gasteiger partial charge is 0.304 e. The first-order chi connectivity index (χ1) is 20.6. The van der Waals surface area contributed by atoms with Gasteiger partial charge in [0, 0.05) is 44.0 Å². The Kier molecular flexibility index (Phi) is 7.63. The molecule has 6 rings (SSSR count). The molecule has 10 nitrogen and oxygen atoms in total. The quantitative estimate of drug-likeness (QED) is 0.315. The maximum atomic E-state index is 14.0. The number of alkyl halides is 2. The minimum absolute atomic E-state index is 0.00131. The van der Waals surface area contributed by atoms with Crippen LogP contribution in [0, 0.1) is 13.8 Å². The van der Waals surface area contributed by atoms with Gasteiger partial charge in [0.1, 0.15) is 10.7 Å². The number of carboxylic acid groups (broad SMARTS) is 1. The van der Waals surface area contributed by atoms with Crippen LogP contribution in [0.4, 0.5) is 14.6 Å². The van der Waals surface area contributed by atoms with E-state index in [4.69, 9.17) is 0 Å². The lowest BCUT2D eigenvalue weighted by Gasteiger charge is -2.36. The SMILES string of the molecule is Cc1ccc([C@H](CC(=O)O)c2ccn3c(C(F)F)nnc3c2C)cc1CN1C[C@@H]2CCCCN2c2ncccc2S1(=O)=O. The molecule has 4 aromatic rings. The van der Waals surface area contributed by atoms with E-state index in [1.54, 1.807) is 31.3 Å². The summed E-state index contributed by atoms with van der Waals surface area (Å²) in [6, 6.07) is 10.4. The Morgan fingerprint density at radius 3 is 2.72 bits per heavy atom. The number of pyridine rings is 2. The van der Waals surface area contributed by atoms with E-state index in [1.165, 1.54) is 14.9 Å². The van der Waals surface area contributed by atoms with Crippen molar-refractivity contribution in [3.8, 4) is 0 Å². The fourth-order valence-electron chi connectivity index (χ4n) is 6.38. The highest BCUT2D eigenvalue weighted by atomic mass is 32.2. The van der Waals surface area contributed by atoms with E-state index in [-0.39, 0.29) is 29.6 Å². The summed E-state index contributed by atoms with van der Waals surface area (Å²) in [5.41, 5.74) is 3.71. The van der Waals surface area contributed by atoms with Crippen molar-refractivity contribution in [2.24, 2.45) is 0 Å². The van der Waals surface area contributed by atoms with Crippen molar-refractivity contribution in [1.82, 2.24) is 23.9 Å². The molecular formula is C30H32F2N6O4S. The molecule has 0 aliphatic carbocycles. The molecule has 0 amide bonds. The van der Waals surface area contributed by atoms with Crippen LogP contribution in [-0.4, -0.2) is 62.5 Å². The molecule has 2 aliphatic heterocycles. The van der Waals surface area contributed by atoms with Gasteiger partial charge >= 0.3 is 5.97 Å². The van der Waals surface area contributed by atoms with E-state index in [9.17, 15) is 27.1 Å². The number of aryl methyl sites for hydroxylation is 2. The van der Waals surface area contributed by atoms with Crippen molar-refractivity contribution in [2.45, 2.75) is 69.4 Å². The summed E-state index contributed by atoms with van der Waals surface area (Å²) in [4.78, 5) is 18.8. The van der Waals surface area contributed by atoms with E-state index >= 15 is 0 Å². The molecule has 43 heavy (non-hydrogen) atoms. The van der Waals surface area contributed by atoms with Gasteiger partial charge in [-0.3, -0.25) is 9.20 Å². The summed E-state index contributed by atoms with van der Waals surface area (Å²) >= 11 is 0. The Morgan fingerprint density at radius 1 is 1.14 bits per heavy atom. The fourth-order valence-corrected chi connectivity index (χ4v) is 7.99. The second-order valence-corrected chi connectivity index (χ2v) is 13.2. The molecule has 3 aromatic heterocycles. The molecule has 0 spiro atoms. The molecule has 0 bridgehead atoms. The van der Waals surface area contributed by atoms with Crippen LogP contribution in [0.5, 0.6) is 0 Å². The molecule has 0 radical (unpaired) electrons. The standard InChI is InChI=1S/C30H32F2N6O4S/c1-18-8-9-20(24(15-26(39)40)23-10-13-38-28(19(23)2)34-35-30(38)27(31)32)14-21(18)16-36-17-22-6-3-4-12-37(22)29-25(43(36,41)42)7-5-11-33-29/h5,7-11,13-14,22,24,27H,3-4,6,12,15-17H2,1-2H3,(H,39,40)/t22-,24-/m0/s1. The molecule has 5 heterocycles. The van der Waals surface area contributed by atoms with Crippen molar-refractivity contribution in [1.29, 1.82) is 0 Å². The van der Waals surface area contributed by atoms with Crippen LogP contribution in [0.25, 0.3) is 5.65 Å². The number of anilines is 1. The van der Waals surface area contributed by atoms with Crippen LogP contribution in [0.3, 0.4) is 0 Å². The summed E-state index contributed by atoms with van der Waals surface area (Å²) in [5, 5.41) is 17.4. The highest BCUT2D eigenvalue weighted by Crippen LogP contribution is 2.37. The topological polar surface area (TPSA) is 121 Å². The van der Waals surface area contributed by atoms with E-state index in [0.29, 0.717) is 29.1 Å². The predicted molar refractivity (Wildman–Crippen MR) is 155 cm³/mol. The zero-order chi connectivity index (χ0) is 30.5. The van der Waals surface area contributed by atoms with Crippen LogP contribution in [0.15, 0.2) is 53.7 Å². The lowest BCUT2D eigenvalue weighted by Crippen LogP contribution is -2.45. The van der Waals surface area contributed by atoms with Gasteiger partial charge in [-0.1, -0.05) is 18.2 Å². The second kappa shape index (κ2) is 11.3. The van der Waals surface area contributed by atoms with Crippen molar-refractivity contribution in [2.75, 3.05) is 18.0 Å². The Balaban J connectivity index is 1.40. The van der Waals surface area contributed by atoms with E-state index in [0.717, 1.165) is 36.9 Å². The third-order valence-electron chi connectivity index (χ3n) is 8.65. The molecule has 1 aromatic carbocycles. The highest BCUT2D eigenvalue weighted by molar-refractivity contribution is 7.89. The first-order valence-electron chi connectivity index (χ1n) is 14.2. The highest BCUT2D eigenvalue weighted by Gasteiger charge is 2.39. The summed E-state index contributed by atoms with van der Waals surface area (Å²) in [6.45, 7) is 4.79. The van der Waals surface area contributed by atoms with Gasteiger partial charge in [-0.05, 0) is 79.1 Å². The summed E-state index contributed by atoms with van der Waals surface area (Å²) in [6.07, 6.45) is 2.84. The maximum absolute atomic E-state index is 14.0. The number of sulfonamides is 1. The van der Waals surface area contributed by atoms with Crippen molar-refractivity contribution in [3.63, 3.8) is 0 Å². The zero-order valence-corrected chi connectivity index (χ0v) is 24.6. The summed E-state index contributed by atoms with van der Waals surface area (Å²) in [7, 11) is -3.88. The number of nitrogens with zero attached hydrogens (tertiary/aromatic N) is 6.